The average molecular weight is 783 g/mol. The van der Waals surface area contributed by atoms with Crippen molar-refractivity contribution in [2.45, 2.75) is 154 Å². The number of carbonyl (C=O) groups excluding carboxylic acids is 3. The SMILES string of the molecule is CCNC1CC2C=CCCC2CC1C(CCCO)OC(=O)C12OC1(CC(CO)=C(C)CCC1CCNC(NCNC)C1)C(=O)C1CCCC(CC(C)C)C1C2=O. The molecule has 12 atom stereocenters. The highest BCUT2D eigenvalue weighted by atomic mass is 16.7. The van der Waals surface area contributed by atoms with Gasteiger partial charge in [0.15, 0.2) is 17.2 Å². The van der Waals surface area contributed by atoms with Crippen LogP contribution in [0.25, 0.3) is 0 Å². The van der Waals surface area contributed by atoms with E-state index in [0.29, 0.717) is 48.5 Å². The second-order valence-electron chi connectivity index (χ2n) is 18.7. The monoisotopic (exact) mass is 783 g/mol. The van der Waals surface area contributed by atoms with Gasteiger partial charge in [0.1, 0.15) is 6.10 Å². The summed E-state index contributed by atoms with van der Waals surface area (Å²) in [6.07, 6.45) is 16.2. The third kappa shape index (κ3) is 8.94. The number of aliphatic hydroxyl groups is 2. The number of piperidine rings is 1. The first kappa shape index (κ1) is 43.6. The van der Waals surface area contributed by atoms with Crippen LogP contribution in [0.15, 0.2) is 23.3 Å². The summed E-state index contributed by atoms with van der Waals surface area (Å²) in [7, 11) is 1.92. The number of epoxide rings is 1. The van der Waals surface area contributed by atoms with E-state index in [2.05, 4.69) is 54.2 Å². The summed E-state index contributed by atoms with van der Waals surface area (Å²) in [6, 6.07) is 0.116. The molecule has 6 aliphatic rings. The Kier molecular flexibility index (Phi) is 15.1. The number of Topliss-reactive ketones (excluding diaryl/α,β-unsaturated/α-hetero) is 2. The van der Waals surface area contributed by atoms with Crippen LogP contribution in [0.2, 0.25) is 0 Å². The molecule has 0 aromatic rings. The van der Waals surface area contributed by atoms with E-state index < -0.39 is 35.1 Å². The van der Waals surface area contributed by atoms with E-state index in [1.54, 1.807) is 0 Å². The molecule has 0 amide bonds. The molecule has 11 heteroatoms. The molecule has 2 aliphatic heterocycles. The van der Waals surface area contributed by atoms with Crippen LogP contribution in [0.4, 0.5) is 0 Å². The van der Waals surface area contributed by atoms with E-state index in [1.807, 2.05) is 14.0 Å². The highest BCUT2D eigenvalue weighted by molar-refractivity contribution is 6.23. The van der Waals surface area contributed by atoms with Gasteiger partial charge in [-0.15, -0.1) is 0 Å². The van der Waals surface area contributed by atoms with Crippen LogP contribution in [0.5, 0.6) is 0 Å². The molecule has 2 heterocycles. The lowest BCUT2D eigenvalue weighted by Gasteiger charge is -2.45. The van der Waals surface area contributed by atoms with Crippen molar-refractivity contribution in [3.63, 3.8) is 0 Å². The van der Waals surface area contributed by atoms with Crippen LogP contribution >= 0.6 is 0 Å². The maximum Gasteiger partial charge on any atom is 0.350 e. The number of ketones is 2. The average Bonchev–Trinajstić information content (AvgIpc) is 3.90. The van der Waals surface area contributed by atoms with E-state index in [1.165, 1.54) is 0 Å². The van der Waals surface area contributed by atoms with Gasteiger partial charge >= 0.3 is 5.97 Å². The second kappa shape index (κ2) is 19.4. The molecule has 0 bridgehead atoms. The summed E-state index contributed by atoms with van der Waals surface area (Å²) in [5.74, 6) is -0.442. The van der Waals surface area contributed by atoms with Crippen molar-refractivity contribution < 1.29 is 34.1 Å². The number of allylic oxidation sites excluding steroid dienone is 3. The van der Waals surface area contributed by atoms with Crippen LogP contribution in [0.3, 0.4) is 0 Å². The number of aliphatic hydroxyl groups excluding tert-OH is 2. The first-order chi connectivity index (χ1) is 27.0. The molecular weight excluding hydrogens is 709 g/mol. The van der Waals surface area contributed by atoms with Gasteiger partial charge < -0.3 is 35.6 Å². The van der Waals surface area contributed by atoms with Crippen molar-refractivity contribution in [2.75, 3.05) is 40.0 Å². The molecule has 0 aromatic carbocycles. The van der Waals surface area contributed by atoms with Crippen molar-refractivity contribution in [3.8, 4) is 0 Å². The molecule has 0 aromatic heterocycles. The first-order valence-electron chi connectivity index (χ1n) is 22.4. The van der Waals surface area contributed by atoms with E-state index in [0.717, 1.165) is 96.0 Å². The number of rotatable bonds is 19. The molecule has 56 heavy (non-hydrogen) atoms. The molecule has 6 rings (SSSR count). The van der Waals surface area contributed by atoms with Crippen LogP contribution in [0, 0.1) is 47.3 Å². The number of ether oxygens (including phenoxy) is 2. The van der Waals surface area contributed by atoms with E-state index in [-0.39, 0.29) is 55.2 Å². The fourth-order valence-corrected chi connectivity index (χ4v) is 11.8. The lowest BCUT2D eigenvalue weighted by molar-refractivity contribution is -0.167. The Morgan fingerprint density at radius 3 is 2.64 bits per heavy atom. The van der Waals surface area contributed by atoms with Crippen LogP contribution in [-0.4, -0.2) is 97.3 Å². The minimum atomic E-state index is -2.02. The van der Waals surface area contributed by atoms with E-state index in [9.17, 15) is 10.2 Å². The van der Waals surface area contributed by atoms with Crippen molar-refractivity contribution in [1.29, 1.82) is 0 Å². The molecule has 5 fully saturated rings. The minimum Gasteiger partial charge on any atom is -0.459 e. The van der Waals surface area contributed by atoms with Gasteiger partial charge in [-0.1, -0.05) is 44.9 Å². The number of hydrogen-bond donors (Lipinski definition) is 6. The van der Waals surface area contributed by atoms with Gasteiger partial charge in [-0.25, -0.2) is 4.79 Å². The Hall–Kier alpha value is -1.99. The zero-order chi connectivity index (χ0) is 40.0. The topological polar surface area (TPSA) is 162 Å². The molecule has 6 N–H and O–H groups in total. The van der Waals surface area contributed by atoms with Crippen molar-refractivity contribution in [2.24, 2.45) is 47.3 Å². The second-order valence-corrected chi connectivity index (χ2v) is 18.7. The number of hydrogen-bond acceptors (Lipinski definition) is 11. The Morgan fingerprint density at radius 2 is 1.91 bits per heavy atom. The van der Waals surface area contributed by atoms with Gasteiger partial charge in [0.25, 0.3) is 5.60 Å². The van der Waals surface area contributed by atoms with Crippen molar-refractivity contribution in [3.05, 3.63) is 23.3 Å². The number of carbonyl (C=O) groups is 3. The number of esters is 1. The Morgan fingerprint density at radius 1 is 1.09 bits per heavy atom. The maximum atomic E-state index is 15.2. The predicted molar refractivity (Wildman–Crippen MR) is 217 cm³/mol. The largest absolute Gasteiger partial charge is 0.459 e. The molecule has 11 nitrogen and oxygen atoms in total. The summed E-state index contributed by atoms with van der Waals surface area (Å²) < 4.78 is 13.2. The zero-order valence-corrected chi connectivity index (χ0v) is 35.1. The normalized spacial score (nSPS) is 37.7. The van der Waals surface area contributed by atoms with Gasteiger partial charge in [-0.05, 0) is 146 Å². The highest BCUT2D eigenvalue weighted by Crippen LogP contribution is 2.63. The fraction of sp³-hybridized carbons (Fsp3) is 0.844. The van der Waals surface area contributed by atoms with Crippen LogP contribution in [0.1, 0.15) is 124 Å². The molecule has 12 unspecified atom stereocenters. The molecular formula is C45H74N4O7. The maximum absolute atomic E-state index is 15.2. The summed E-state index contributed by atoms with van der Waals surface area (Å²) in [5.41, 5.74) is -2.02. The van der Waals surface area contributed by atoms with Gasteiger partial charge in [0.05, 0.1) is 12.8 Å². The molecule has 316 valence electrons. The molecule has 0 radical (unpaired) electrons. The molecule has 4 aliphatic carbocycles. The summed E-state index contributed by atoms with van der Waals surface area (Å²) in [5, 5.41) is 34.7. The Bertz CT molecular complexity index is 1430. The third-order valence-corrected chi connectivity index (χ3v) is 14.7. The molecule has 2 saturated heterocycles. The smallest absolute Gasteiger partial charge is 0.350 e. The van der Waals surface area contributed by atoms with Gasteiger partial charge in [-0.2, -0.15) is 0 Å². The fourth-order valence-electron chi connectivity index (χ4n) is 11.8. The highest BCUT2D eigenvalue weighted by Gasteiger charge is 2.87. The van der Waals surface area contributed by atoms with Gasteiger partial charge in [0, 0.05) is 43.5 Å². The third-order valence-electron chi connectivity index (χ3n) is 14.7. The number of fused-ring (bicyclic) bond motifs is 3. The molecule has 3 saturated carbocycles. The Balaban J connectivity index is 1.29. The van der Waals surface area contributed by atoms with Gasteiger partial charge in [-0.3, -0.25) is 14.9 Å². The van der Waals surface area contributed by atoms with Gasteiger partial charge in [0.2, 0.25) is 0 Å². The summed E-state index contributed by atoms with van der Waals surface area (Å²) >= 11 is 0. The Labute approximate surface area is 336 Å². The minimum absolute atomic E-state index is 0.000950. The molecule has 0 spiro atoms. The van der Waals surface area contributed by atoms with Crippen LogP contribution < -0.4 is 21.3 Å². The predicted octanol–water partition coefficient (Wildman–Crippen LogP) is 4.95. The summed E-state index contributed by atoms with van der Waals surface area (Å²) in [4.78, 5) is 45.2. The summed E-state index contributed by atoms with van der Waals surface area (Å²) in [6.45, 7) is 10.6. The quantitative estimate of drug-likeness (QED) is 0.0346. The van der Waals surface area contributed by atoms with E-state index in [4.69, 9.17) is 9.47 Å². The van der Waals surface area contributed by atoms with Crippen molar-refractivity contribution >= 4 is 17.5 Å². The van der Waals surface area contributed by atoms with E-state index >= 15 is 14.4 Å². The lowest BCUT2D eigenvalue weighted by atomic mass is 9.56. The zero-order valence-electron chi connectivity index (χ0n) is 35.1. The van der Waals surface area contributed by atoms with Crippen molar-refractivity contribution in [1.82, 2.24) is 21.3 Å². The van der Waals surface area contributed by atoms with Crippen LogP contribution in [-0.2, 0) is 23.9 Å². The number of nitrogens with one attached hydrogen (secondary N) is 4. The standard InChI is InChI=1S/C45H74N4O7/c1-6-47-37-24-32-12-8-7-11-31(32)23-36(37)38(15-10-20-50)55-43(54)45-42(53)40-33(21-28(2)3)13-9-14-35(40)41(52)44(45,56-45)25-34(26-51)29(4)16-17-30-18-19-48-39(22-30)49-27-46-5/h8,12,28,30-33,35-40,46-51H,6-7,9-11,13-27H2,1-5H3. The lowest BCUT2D eigenvalue weighted by Crippen LogP contribution is -2.61. The first-order valence-corrected chi connectivity index (χ1v) is 22.4.